The standard InChI is InChI=1S/C21H30N2O/c1-14(17-7-6-16-4-2-3-5-18(16)13-17)22-21(24)12-15-10-19-8-9-20(11-15)23-19/h6-7,13-15,19-20,23H,2-5,8-12H2,1H3,(H,22,24). The lowest BCUT2D eigenvalue weighted by atomic mass is 9.88. The lowest BCUT2D eigenvalue weighted by Crippen LogP contribution is -2.40. The van der Waals surface area contributed by atoms with Crippen LogP contribution in [0.4, 0.5) is 0 Å². The quantitative estimate of drug-likeness (QED) is 0.886. The van der Waals surface area contributed by atoms with Gasteiger partial charge in [0.15, 0.2) is 0 Å². The van der Waals surface area contributed by atoms with Crippen LogP contribution in [0.1, 0.15) is 74.6 Å². The third-order valence-corrected chi connectivity index (χ3v) is 6.29. The van der Waals surface area contributed by atoms with Gasteiger partial charge in [0.2, 0.25) is 5.91 Å². The molecule has 3 aliphatic rings. The van der Waals surface area contributed by atoms with Crippen molar-refractivity contribution in [3.8, 4) is 0 Å². The Bertz CT molecular complexity index is 600. The van der Waals surface area contributed by atoms with E-state index in [9.17, 15) is 4.79 Å². The van der Waals surface area contributed by atoms with Crippen molar-refractivity contribution in [1.82, 2.24) is 10.6 Å². The SMILES string of the molecule is CC(NC(=O)CC1CC2CCC(C1)N2)c1ccc2c(c1)CCCC2. The maximum atomic E-state index is 12.5. The van der Waals surface area contributed by atoms with Crippen LogP contribution >= 0.6 is 0 Å². The Labute approximate surface area is 145 Å². The largest absolute Gasteiger partial charge is 0.350 e. The number of hydrogen-bond acceptors (Lipinski definition) is 2. The number of piperidine rings is 1. The number of benzene rings is 1. The summed E-state index contributed by atoms with van der Waals surface area (Å²) < 4.78 is 0. The predicted molar refractivity (Wildman–Crippen MR) is 96.9 cm³/mol. The zero-order chi connectivity index (χ0) is 16.5. The van der Waals surface area contributed by atoms with Gasteiger partial charge in [-0.05, 0) is 80.9 Å². The number of aryl methyl sites for hydroxylation is 2. The highest BCUT2D eigenvalue weighted by Gasteiger charge is 2.34. The summed E-state index contributed by atoms with van der Waals surface area (Å²) >= 11 is 0. The van der Waals surface area contributed by atoms with Gasteiger partial charge in [-0.3, -0.25) is 4.79 Å². The molecular weight excluding hydrogens is 296 g/mol. The Hall–Kier alpha value is -1.35. The molecule has 3 unspecified atom stereocenters. The van der Waals surface area contributed by atoms with E-state index >= 15 is 0 Å². The minimum absolute atomic E-state index is 0.114. The van der Waals surface area contributed by atoms with Gasteiger partial charge >= 0.3 is 0 Å². The fraction of sp³-hybridized carbons (Fsp3) is 0.667. The molecule has 1 aromatic rings. The van der Waals surface area contributed by atoms with Gasteiger partial charge in [0.05, 0.1) is 6.04 Å². The van der Waals surface area contributed by atoms with E-state index in [4.69, 9.17) is 0 Å². The average molecular weight is 326 g/mol. The van der Waals surface area contributed by atoms with Gasteiger partial charge in [-0.2, -0.15) is 0 Å². The molecule has 3 nitrogen and oxygen atoms in total. The van der Waals surface area contributed by atoms with Gasteiger partial charge in [-0.15, -0.1) is 0 Å². The van der Waals surface area contributed by atoms with Crippen LogP contribution in [0.15, 0.2) is 18.2 Å². The van der Waals surface area contributed by atoms with Crippen molar-refractivity contribution in [3.05, 3.63) is 34.9 Å². The summed E-state index contributed by atoms with van der Waals surface area (Å²) in [6, 6.07) is 8.25. The van der Waals surface area contributed by atoms with Crippen LogP contribution in [-0.4, -0.2) is 18.0 Å². The van der Waals surface area contributed by atoms with E-state index in [-0.39, 0.29) is 11.9 Å². The molecule has 1 aromatic carbocycles. The topological polar surface area (TPSA) is 41.1 Å². The number of nitrogens with one attached hydrogen (secondary N) is 2. The van der Waals surface area contributed by atoms with Crippen LogP contribution < -0.4 is 10.6 Å². The van der Waals surface area contributed by atoms with Gasteiger partial charge in [-0.1, -0.05) is 18.2 Å². The van der Waals surface area contributed by atoms with Crippen LogP contribution in [0.5, 0.6) is 0 Å². The van der Waals surface area contributed by atoms with Crippen LogP contribution in [0.25, 0.3) is 0 Å². The molecule has 0 aromatic heterocycles. The van der Waals surface area contributed by atoms with Crippen molar-refractivity contribution in [2.24, 2.45) is 5.92 Å². The Kier molecular flexibility index (Phi) is 4.62. The molecule has 1 aliphatic carbocycles. The van der Waals surface area contributed by atoms with Gasteiger partial charge < -0.3 is 10.6 Å². The zero-order valence-electron chi connectivity index (χ0n) is 14.8. The highest BCUT2D eigenvalue weighted by Crippen LogP contribution is 2.33. The zero-order valence-corrected chi connectivity index (χ0v) is 14.8. The summed E-state index contributed by atoms with van der Waals surface area (Å²) in [6.45, 7) is 2.12. The Morgan fingerprint density at radius 2 is 1.88 bits per heavy atom. The number of fused-ring (bicyclic) bond motifs is 3. The van der Waals surface area contributed by atoms with Crippen molar-refractivity contribution < 1.29 is 4.79 Å². The first kappa shape index (κ1) is 16.1. The molecule has 0 saturated carbocycles. The summed E-state index contributed by atoms with van der Waals surface area (Å²) in [6.07, 6.45) is 10.7. The van der Waals surface area contributed by atoms with Crippen molar-refractivity contribution in [2.45, 2.75) is 82.8 Å². The van der Waals surface area contributed by atoms with Crippen molar-refractivity contribution >= 4 is 5.91 Å². The molecule has 24 heavy (non-hydrogen) atoms. The van der Waals surface area contributed by atoms with Crippen LogP contribution in [-0.2, 0) is 17.6 Å². The van der Waals surface area contributed by atoms with Crippen LogP contribution in [0.3, 0.4) is 0 Å². The number of rotatable bonds is 4. The minimum Gasteiger partial charge on any atom is -0.350 e. The van der Waals surface area contributed by atoms with Crippen LogP contribution in [0, 0.1) is 5.92 Å². The molecule has 2 saturated heterocycles. The molecule has 1 amide bonds. The summed E-state index contributed by atoms with van der Waals surface area (Å²) in [5.41, 5.74) is 4.26. The average Bonchev–Trinajstić information content (AvgIpc) is 2.92. The van der Waals surface area contributed by atoms with Crippen molar-refractivity contribution in [3.63, 3.8) is 0 Å². The molecule has 4 rings (SSSR count). The van der Waals surface area contributed by atoms with E-state index in [2.05, 4.69) is 35.8 Å². The van der Waals surface area contributed by atoms with Gasteiger partial charge in [0.1, 0.15) is 0 Å². The first-order valence-corrected chi connectivity index (χ1v) is 9.84. The molecule has 3 heteroatoms. The Morgan fingerprint density at radius 1 is 1.17 bits per heavy atom. The number of carbonyl (C=O) groups excluding carboxylic acids is 1. The normalized spacial score (nSPS) is 29.8. The molecule has 2 heterocycles. The number of hydrogen-bond donors (Lipinski definition) is 2. The highest BCUT2D eigenvalue weighted by molar-refractivity contribution is 5.76. The third kappa shape index (κ3) is 3.51. The monoisotopic (exact) mass is 326 g/mol. The molecule has 0 radical (unpaired) electrons. The molecule has 3 atom stereocenters. The summed E-state index contributed by atoms with van der Waals surface area (Å²) in [4.78, 5) is 12.5. The third-order valence-electron chi connectivity index (χ3n) is 6.29. The van der Waals surface area contributed by atoms with Crippen molar-refractivity contribution in [1.29, 1.82) is 0 Å². The Morgan fingerprint density at radius 3 is 2.62 bits per heavy atom. The van der Waals surface area contributed by atoms with Crippen molar-refractivity contribution in [2.75, 3.05) is 0 Å². The fourth-order valence-electron chi connectivity index (χ4n) is 5.01. The highest BCUT2D eigenvalue weighted by atomic mass is 16.1. The lowest BCUT2D eigenvalue weighted by Gasteiger charge is -2.29. The van der Waals surface area contributed by atoms with Crippen LogP contribution in [0.2, 0.25) is 0 Å². The molecule has 2 aliphatic heterocycles. The Balaban J connectivity index is 1.33. The first-order chi connectivity index (χ1) is 11.7. The number of amides is 1. The minimum atomic E-state index is 0.114. The molecule has 2 N–H and O–H groups in total. The van der Waals surface area contributed by atoms with E-state index in [0.29, 0.717) is 24.4 Å². The van der Waals surface area contributed by atoms with Gasteiger partial charge in [0.25, 0.3) is 0 Å². The maximum Gasteiger partial charge on any atom is 0.220 e. The second kappa shape index (κ2) is 6.87. The second-order valence-electron chi connectivity index (χ2n) is 8.20. The lowest BCUT2D eigenvalue weighted by molar-refractivity contribution is -0.122. The fourth-order valence-corrected chi connectivity index (χ4v) is 5.01. The molecule has 130 valence electrons. The molecule has 0 spiro atoms. The summed E-state index contributed by atoms with van der Waals surface area (Å²) in [7, 11) is 0. The predicted octanol–water partition coefficient (Wildman–Crippen LogP) is 3.66. The van der Waals surface area contributed by atoms with E-state index in [1.54, 1.807) is 0 Å². The summed E-state index contributed by atoms with van der Waals surface area (Å²) in [5, 5.41) is 6.90. The van der Waals surface area contributed by atoms with E-state index in [1.807, 2.05) is 0 Å². The molecular formula is C21H30N2O. The maximum absolute atomic E-state index is 12.5. The van der Waals surface area contributed by atoms with E-state index < -0.39 is 0 Å². The van der Waals surface area contributed by atoms with Gasteiger partial charge in [0, 0.05) is 18.5 Å². The molecule has 2 fully saturated rings. The smallest absolute Gasteiger partial charge is 0.220 e. The second-order valence-corrected chi connectivity index (χ2v) is 8.20. The van der Waals surface area contributed by atoms with Gasteiger partial charge in [-0.25, -0.2) is 0 Å². The number of carbonyl (C=O) groups is 1. The molecule has 2 bridgehead atoms. The first-order valence-electron chi connectivity index (χ1n) is 9.84. The van der Waals surface area contributed by atoms with E-state index in [1.165, 1.54) is 68.1 Å². The summed E-state index contributed by atoms with van der Waals surface area (Å²) in [5.74, 6) is 0.797. The van der Waals surface area contributed by atoms with E-state index in [0.717, 1.165) is 0 Å².